The van der Waals surface area contributed by atoms with Crippen LogP contribution in [0.4, 0.5) is 5.69 Å². The van der Waals surface area contributed by atoms with Crippen molar-refractivity contribution in [3.05, 3.63) is 53.8 Å². The first-order valence-electron chi connectivity index (χ1n) is 5.24. The summed E-state index contributed by atoms with van der Waals surface area (Å²) in [5, 5.41) is 0.455. The van der Waals surface area contributed by atoms with Gasteiger partial charge in [0.05, 0.1) is 11.0 Å². The number of nitrogens with two attached hydrogens (primary N) is 1. The van der Waals surface area contributed by atoms with E-state index in [1.165, 1.54) is 0 Å². The second-order valence-electron chi connectivity index (χ2n) is 3.80. The molecule has 0 bridgehead atoms. The van der Waals surface area contributed by atoms with Crippen molar-refractivity contribution in [3.8, 4) is 5.69 Å². The highest BCUT2D eigenvalue weighted by Gasteiger charge is 2.09. The third-order valence-corrected chi connectivity index (χ3v) is 2.92. The van der Waals surface area contributed by atoms with Crippen molar-refractivity contribution < 1.29 is 0 Å². The van der Waals surface area contributed by atoms with Gasteiger partial charge in [0, 0.05) is 11.4 Å². The SMILES string of the molecule is Nc1ccc(-n2c(Cl)nc3ccccc32)cc1. The van der Waals surface area contributed by atoms with Gasteiger partial charge in [-0.3, -0.25) is 4.57 Å². The third-order valence-electron chi connectivity index (χ3n) is 2.67. The van der Waals surface area contributed by atoms with E-state index in [1.807, 2.05) is 53.1 Å². The number of halogens is 1. The molecule has 3 nitrogen and oxygen atoms in total. The molecule has 1 heterocycles. The van der Waals surface area contributed by atoms with Crippen LogP contribution in [0, 0.1) is 0 Å². The zero-order valence-electron chi connectivity index (χ0n) is 8.97. The molecule has 0 unspecified atom stereocenters. The second kappa shape index (κ2) is 3.79. The largest absolute Gasteiger partial charge is 0.399 e. The molecule has 3 rings (SSSR count). The Bertz CT molecular complexity index is 671. The highest BCUT2D eigenvalue weighted by molar-refractivity contribution is 6.29. The molecule has 0 spiro atoms. The van der Waals surface area contributed by atoms with Crippen LogP contribution in [-0.2, 0) is 0 Å². The smallest absolute Gasteiger partial charge is 0.208 e. The molecule has 1 aromatic heterocycles. The van der Waals surface area contributed by atoms with Crippen molar-refractivity contribution >= 4 is 28.3 Å². The predicted octanol–water partition coefficient (Wildman–Crippen LogP) is 3.26. The first kappa shape index (κ1) is 10.2. The van der Waals surface area contributed by atoms with Crippen LogP contribution in [0.5, 0.6) is 0 Å². The summed E-state index contributed by atoms with van der Waals surface area (Å²) in [4.78, 5) is 4.31. The molecule has 0 aliphatic heterocycles. The van der Waals surface area contributed by atoms with Crippen molar-refractivity contribution in [2.75, 3.05) is 5.73 Å². The number of nitrogen functional groups attached to an aromatic ring is 1. The Morgan fingerprint density at radius 1 is 1.00 bits per heavy atom. The first-order valence-corrected chi connectivity index (χ1v) is 5.62. The van der Waals surface area contributed by atoms with Gasteiger partial charge < -0.3 is 5.73 Å². The van der Waals surface area contributed by atoms with Crippen LogP contribution in [0.3, 0.4) is 0 Å². The minimum Gasteiger partial charge on any atom is -0.399 e. The fraction of sp³-hybridized carbons (Fsp3) is 0. The minimum absolute atomic E-state index is 0.455. The molecule has 0 saturated heterocycles. The summed E-state index contributed by atoms with van der Waals surface area (Å²) >= 11 is 6.16. The lowest BCUT2D eigenvalue weighted by Gasteiger charge is -2.05. The summed E-state index contributed by atoms with van der Waals surface area (Å²) in [6.45, 7) is 0. The number of hydrogen-bond acceptors (Lipinski definition) is 2. The van der Waals surface area contributed by atoms with E-state index in [0.29, 0.717) is 5.28 Å². The van der Waals surface area contributed by atoms with Gasteiger partial charge in [-0.15, -0.1) is 0 Å². The lowest BCUT2D eigenvalue weighted by Crippen LogP contribution is -1.94. The molecule has 84 valence electrons. The number of para-hydroxylation sites is 2. The van der Waals surface area contributed by atoms with Crippen LogP contribution in [0.25, 0.3) is 16.7 Å². The van der Waals surface area contributed by atoms with E-state index in [2.05, 4.69) is 4.98 Å². The number of nitrogens with zero attached hydrogens (tertiary/aromatic N) is 2. The highest BCUT2D eigenvalue weighted by Crippen LogP contribution is 2.24. The molecule has 2 N–H and O–H groups in total. The van der Waals surface area contributed by atoms with Crippen LogP contribution >= 0.6 is 11.6 Å². The maximum atomic E-state index is 6.16. The molecule has 0 fully saturated rings. The summed E-state index contributed by atoms with van der Waals surface area (Å²) in [5.74, 6) is 0. The van der Waals surface area contributed by atoms with E-state index < -0.39 is 0 Å². The van der Waals surface area contributed by atoms with Crippen LogP contribution in [-0.4, -0.2) is 9.55 Å². The van der Waals surface area contributed by atoms with Crippen molar-refractivity contribution in [1.29, 1.82) is 0 Å². The molecule has 0 aliphatic carbocycles. The van der Waals surface area contributed by atoms with Gasteiger partial charge in [-0.1, -0.05) is 12.1 Å². The van der Waals surface area contributed by atoms with E-state index in [0.717, 1.165) is 22.4 Å². The number of imidazole rings is 1. The summed E-state index contributed by atoms with van der Waals surface area (Å²) < 4.78 is 1.90. The first-order chi connectivity index (χ1) is 8.25. The van der Waals surface area contributed by atoms with Gasteiger partial charge in [0.15, 0.2) is 0 Å². The maximum Gasteiger partial charge on any atom is 0.208 e. The number of anilines is 1. The predicted molar refractivity (Wildman–Crippen MR) is 70.5 cm³/mol. The number of benzene rings is 2. The van der Waals surface area contributed by atoms with E-state index in [1.54, 1.807) is 0 Å². The Hall–Kier alpha value is -2.00. The molecule has 0 radical (unpaired) electrons. The van der Waals surface area contributed by atoms with Crippen LogP contribution in [0.2, 0.25) is 5.28 Å². The van der Waals surface area contributed by atoms with Crippen LogP contribution < -0.4 is 5.73 Å². The van der Waals surface area contributed by atoms with E-state index in [-0.39, 0.29) is 0 Å². The summed E-state index contributed by atoms with van der Waals surface area (Å²) in [6.07, 6.45) is 0. The molecule has 0 amide bonds. The fourth-order valence-electron chi connectivity index (χ4n) is 1.87. The molecule has 0 saturated carbocycles. The second-order valence-corrected chi connectivity index (χ2v) is 4.13. The standard InChI is InChI=1S/C13H10ClN3/c14-13-16-11-3-1-2-4-12(11)17(13)10-7-5-9(15)6-8-10/h1-8H,15H2. The fourth-order valence-corrected chi connectivity index (χ4v) is 2.15. The lowest BCUT2D eigenvalue weighted by atomic mass is 10.2. The Morgan fingerprint density at radius 2 is 1.71 bits per heavy atom. The average Bonchev–Trinajstić information content (AvgIpc) is 2.66. The number of hydrogen-bond donors (Lipinski definition) is 1. The molecule has 4 heteroatoms. The van der Waals surface area contributed by atoms with Crippen molar-refractivity contribution in [2.45, 2.75) is 0 Å². The summed E-state index contributed by atoms with van der Waals surface area (Å²) in [6, 6.07) is 15.4. The Labute approximate surface area is 103 Å². The number of rotatable bonds is 1. The van der Waals surface area contributed by atoms with Gasteiger partial charge in [0.2, 0.25) is 5.28 Å². The van der Waals surface area contributed by atoms with Crippen molar-refractivity contribution in [3.63, 3.8) is 0 Å². The summed E-state index contributed by atoms with van der Waals surface area (Å²) in [7, 11) is 0. The third kappa shape index (κ3) is 1.65. The molecular weight excluding hydrogens is 234 g/mol. The Kier molecular flexibility index (Phi) is 2.27. The number of fused-ring (bicyclic) bond motifs is 1. The number of aromatic nitrogens is 2. The molecule has 2 aromatic carbocycles. The zero-order valence-corrected chi connectivity index (χ0v) is 9.72. The zero-order chi connectivity index (χ0) is 11.8. The molecular formula is C13H10ClN3. The molecule has 0 aliphatic rings. The van der Waals surface area contributed by atoms with Crippen LogP contribution in [0.15, 0.2) is 48.5 Å². The Balaban J connectivity index is 2.29. The van der Waals surface area contributed by atoms with Gasteiger partial charge in [0.1, 0.15) is 0 Å². The van der Waals surface area contributed by atoms with Gasteiger partial charge in [0.25, 0.3) is 0 Å². The van der Waals surface area contributed by atoms with Crippen molar-refractivity contribution in [1.82, 2.24) is 9.55 Å². The maximum absolute atomic E-state index is 6.16. The topological polar surface area (TPSA) is 43.8 Å². The van der Waals surface area contributed by atoms with Gasteiger partial charge >= 0.3 is 0 Å². The Morgan fingerprint density at radius 3 is 2.47 bits per heavy atom. The van der Waals surface area contributed by atoms with Gasteiger partial charge in [-0.05, 0) is 48.0 Å². The van der Waals surface area contributed by atoms with E-state index in [9.17, 15) is 0 Å². The lowest BCUT2D eigenvalue weighted by molar-refractivity contribution is 1.09. The normalized spacial score (nSPS) is 10.9. The van der Waals surface area contributed by atoms with E-state index >= 15 is 0 Å². The average molecular weight is 244 g/mol. The quantitative estimate of drug-likeness (QED) is 0.667. The van der Waals surface area contributed by atoms with Crippen molar-refractivity contribution in [2.24, 2.45) is 0 Å². The van der Waals surface area contributed by atoms with Crippen LogP contribution in [0.1, 0.15) is 0 Å². The highest BCUT2D eigenvalue weighted by atomic mass is 35.5. The molecule has 17 heavy (non-hydrogen) atoms. The molecule has 3 aromatic rings. The van der Waals surface area contributed by atoms with Gasteiger partial charge in [-0.2, -0.15) is 0 Å². The summed E-state index contributed by atoms with van der Waals surface area (Å²) in [5.41, 5.74) is 9.23. The monoisotopic (exact) mass is 243 g/mol. The van der Waals surface area contributed by atoms with Gasteiger partial charge in [-0.25, -0.2) is 4.98 Å². The molecule has 0 atom stereocenters. The van der Waals surface area contributed by atoms with E-state index in [4.69, 9.17) is 17.3 Å². The minimum atomic E-state index is 0.455.